The van der Waals surface area contributed by atoms with E-state index in [4.69, 9.17) is 5.73 Å². The minimum atomic E-state index is 0.480. The van der Waals surface area contributed by atoms with Crippen molar-refractivity contribution in [2.45, 2.75) is 63.5 Å². The van der Waals surface area contributed by atoms with Gasteiger partial charge in [-0.3, -0.25) is 4.90 Å². The monoisotopic (exact) mass is 196 g/mol. The molecule has 0 aromatic rings. The van der Waals surface area contributed by atoms with E-state index >= 15 is 0 Å². The summed E-state index contributed by atoms with van der Waals surface area (Å²) in [4.78, 5) is 2.72. The zero-order chi connectivity index (χ0) is 10.0. The van der Waals surface area contributed by atoms with E-state index in [1.54, 1.807) is 0 Å². The van der Waals surface area contributed by atoms with Gasteiger partial charge in [0.05, 0.1) is 0 Å². The quantitative estimate of drug-likeness (QED) is 0.696. The minimum absolute atomic E-state index is 0.480. The molecule has 1 saturated carbocycles. The van der Waals surface area contributed by atoms with Gasteiger partial charge in [0.2, 0.25) is 0 Å². The lowest BCUT2D eigenvalue weighted by atomic mass is 9.79. The largest absolute Gasteiger partial charge is 0.328 e. The maximum atomic E-state index is 5.97. The molecule has 2 aliphatic rings. The van der Waals surface area contributed by atoms with Crippen LogP contribution in [0.15, 0.2) is 0 Å². The van der Waals surface area contributed by atoms with E-state index in [1.807, 2.05) is 0 Å². The normalized spacial score (nSPS) is 41.1. The van der Waals surface area contributed by atoms with Gasteiger partial charge in [-0.05, 0) is 58.5 Å². The standard InChI is InChI=1S/C12H24N2/c1-12(7-5-11(13)6-8-12)14-9-3-2-4-10-14/h11H,2-10,13H2,1H3. The van der Waals surface area contributed by atoms with E-state index in [0.717, 1.165) is 0 Å². The van der Waals surface area contributed by atoms with E-state index < -0.39 is 0 Å². The van der Waals surface area contributed by atoms with Crippen LogP contribution in [0.4, 0.5) is 0 Å². The van der Waals surface area contributed by atoms with Crippen LogP contribution in [0.25, 0.3) is 0 Å². The molecule has 0 amide bonds. The molecule has 2 rings (SSSR count). The molecule has 2 N–H and O–H groups in total. The Balaban J connectivity index is 1.93. The van der Waals surface area contributed by atoms with E-state index in [0.29, 0.717) is 11.6 Å². The second kappa shape index (κ2) is 4.19. The third-order valence-corrected chi connectivity index (χ3v) is 4.23. The smallest absolute Gasteiger partial charge is 0.0182 e. The van der Waals surface area contributed by atoms with Crippen molar-refractivity contribution in [1.82, 2.24) is 4.90 Å². The third kappa shape index (κ3) is 2.12. The van der Waals surface area contributed by atoms with Crippen molar-refractivity contribution < 1.29 is 0 Å². The van der Waals surface area contributed by atoms with Gasteiger partial charge in [-0.2, -0.15) is 0 Å². The van der Waals surface area contributed by atoms with Gasteiger partial charge in [0.1, 0.15) is 0 Å². The Morgan fingerprint density at radius 1 is 1.07 bits per heavy atom. The van der Waals surface area contributed by atoms with Crippen LogP contribution in [0.3, 0.4) is 0 Å². The van der Waals surface area contributed by atoms with E-state index in [9.17, 15) is 0 Å². The van der Waals surface area contributed by atoms with Crippen LogP contribution in [-0.2, 0) is 0 Å². The number of piperidine rings is 1. The van der Waals surface area contributed by atoms with Crippen molar-refractivity contribution in [3.8, 4) is 0 Å². The molecule has 2 nitrogen and oxygen atoms in total. The fourth-order valence-electron chi connectivity index (χ4n) is 3.01. The average Bonchev–Trinajstić information content (AvgIpc) is 2.24. The maximum Gasteiger partial charge on any atom is 0.0182 e. The third-order valence-electron chi connectivity index (χ3n) is 4.23. The first-order valence-electron chi connectivity index (χ1n) is 6.21. The van der Waals surface area contributed by atoms with Gasteiger partial charge in [0.15, 0.2) is 0 Å². The van der Waals surface area contributed by atoms with Crippen molar-refractivity contribution in [1.29, 1.82) is 0 Å². The minimum Gasteiger partial charge on any atom is -0.328 e. The molecule has 1 aliphatic carbocycles. The zero-order valence-electron chi connectivity index (χ0n) is 9.47. The summed E-state index contributed by atoms with van der Waals surface area (Å²) in [5.74, 6) is 0. The summed E-state index contributed by atoms with van der Waals surface area (Å²) < 4.78 is 0. The molecule has 0 bridgehead atoms. The zero-order valence-corrected chi connectivity index (χ0v) is 9.47. The van der Waals surface area contributed by atoms with Crippen molar-refractivity contribution in [3.05, 3.63) is 0 Å². The summed E-state index contributed by atoms with van der Waals surface area (Å²) in [7, 11) is 0. The average molecular weight is 196 g/mol. The Bertz CT molecular complexity index is 177. The van der Waals surface area contributed by atoms with E-state index in [-0.39, 0.29) is 0 Å². The lowest BCUT2D eigenvalue weighted by Crippen LogP contribution is -2.52. The molecule has 82 valence electrons. The van der Waals surface area contributed by atoms with Crippen LogP contribution in [0.5, 0.6) is 0 Å². The fraction of sp³-hybridized carbons (Fsp3) is 1.00. The predicted octanol–water partition coefficient (Wildman–Crippen LogP) is 2.13. The topological polar surface area (TPSA) is 29.3 Å². The van der Waals surface area contributed by atoms with Crippen molar-refractivity contribution in [2.24, 2.45) is 5.73 Å². The number of hydrogen-bond donors (Lipinski definition) is 1. The first kappa shape index (κ1) is 10.4. The van der Waals surface area contributed by atoms with Gasteiger partial charge in [-0.15, -0.1) is 0 Å². The molecule has 0 spiro atoms. The predicted molar refractivity (Wildman–Crippen MR) is 60.3 cm³/mol. The lowest BCUT2D eigenvalue weighted by Gasteiger charge is -2.47. The van der Waals surface area contributed by atoms with Crippen molar-refractivity contribution in [2.75, 3.05) is 13.1 Å². The molecular weight excluding hydrogens is 172 g/mol. The maximum absolute atomic E-state index is 5.97. The van der Waals surface area contributed by atoms with Gasteiger partial charge in [-0.25, -0.2) is 0 Å². The molecular formula is C12H24N2. The Hall–Kier alpha value is -0.0800. The molecule has 0 aromatic carbocycles. The molecule has 0 atom stereocenters. The van der Waals surface area contributed by atoms with Crippen LogP contribution < -0.4 is 5.73 Å². The van der Waals surface area contributed by atoms with Crippen molar-refractivity contribution >= 4 is 0 Å². The molecule has 0 unspecified atom stereocenters. The number of nitrogens with two attached hydrogens (primary N) is 1. The first-order valence-corrected chi connectivity index (χ1v) is 6.21. The molecule has 0 radical (unpaired) electrons. The van der Waals surface area contributed by atoms with Gasteiger partial charge in [0.25, 0.3) is 0 Å². The highest BCUT2D eigenvalue weighted by atomic mass is 15.2. The van der Waals surface area contributed by atoms with Crippen LogP contribution in [0.1, 0.15) is 51.9 Å². The van der Waals surface area contributed by atoms with Crippen LogP contribution in [0, 0.1) is 0 Å². The summed E-state index contributed by atoms with van der Waals surface area (Å²) in [6.07, 6.45) is 9.33. The summed E-state index contributed by atoms with van der Waals surface area (Å²) in [6, 6.07) is 0.480. The highest BCUT2D eigenvalue weighted by Gasteiger charge is 2.35. The van der Waals surface area contributed by atoms with Crippen LogP contribution in [-0.4, -0.2) is 29.6 Å². The Morgan fingerprint density at radius 2 is 1.64 bits per heavy atom. The molecule has 2 heteroatoms. The fourth-order valence-corrected chi connectivity index (χ4v) is 3.01. The van der Waals surface area contributed by atoms with Gasteiger partial charge >= 0.3 is 0 Å². The summed E-state index contributed by atoms with van der Waals surface area (Å²) >= 11 is 0. The summed E-state index contributed by atoms with van der Waals surface area (Å²) in [5, 5.41) is 0. The molecule has 1 heterocycles. The summed E-state index contributed by atoms with van der Waals surface area (Å²) in [5.41, 5.74) is 6.45. The van der Waals surface area contributed by atoms with E-state index in [2.05, 4.69) is 11.8 Å². The number of likely N-dealkylation sites (tertiary alicyclic amines) is 1. The highest BCUT2D eigenvalue weighted by molar-refractivity contribution is 4.93. The Kier molecular flexibility index (Phi) is 3.13. The Morgan fingerprint density at radius 3 is 2.21 bits per heavy atom. The van der Waals surface area contributed by atoms with Gasteiger partial charge < -0.3 is 5.73 Å². The SMILES string of the molecule is CC1(N2CCCCC2)CCC(N)CC1. The Labute approximate surface area is 87.8 Å². The summed E-state index contributed by atoms with van der Waals surface area (Å²) in [6.45, 7) is 5.10. The van der Waals surface area contributed by atoms with Crippen LogP contribution in [0.2, 0.25) is 0 Å². The number of nitrogens with zero attached hydrogens (tertiary/aromatic N) is 1. The molecule has 1 saturated heterocycles. The lowest BCUT2D eigenvalue weighted by molar-refractivity contribution is 0.0444. The highest BCUT2D eigenvalue weighted by Crippen LogP contribution is 2.34. The second-order valence-electron chi connectivity index (χ2n) is 5.38. The molecule has 2 fully saturated rings. The van der Waals surface area contributed by atoms with Crippen LogP contribution >= 0.6 is 0 Å². The van der Waals surface area contributed by atoms with E-state index in [1.165, 1.54) is 58.0 Å². The number of hydrogen-bond acceptors (Lipinski definition) is 2. The van der Waals surface area contributed by atoms with Gasteiger partial charge in [-0.1, -0.05) is 6.42 Å². The second-order valence-corrected chi connectivity index (χ2v) is 5.38. The molecule has 0 aromatic heterocycles. The number of rotatable bonds is 1. The molecule has 1 aliphatic heterocycles. The molecule has 14 heavy (non-hydrogen) atoms. The van der Waals surface area contributed by atoms with Gasteiger partial charge in [0, 0.05) is 11.6 Å². The first-order chi connectivity index (χ1) is 6.71. The van der Waals surface area contributed by atoms with Crippen molar-refractivity contribution in [3.63, 3.8) is 0 Å².